The maximum absolute atomic E-state index is 5.72. The molecule has 0 amide bonds. The van der Waals surface area contributed by atoms with E-state index in [0.29, 0.717) is 19.7 Å². The lowest BCUT2D eigenvalue weighted by Gasteiger charge is -2.08. The second-order valence-electron chi connectivity index (χ2n) is 4.48. The summed E-state index contributed by atoms with van der Waals surface area (Å²) in [5.74, 6) is 0.922. The number of aryl methyl sites for hydroxylation is 2. The van der Waals surface area contributed by atoms with Gasteiger partial charge in [0.2, 0.25) is 0 Å². The van der Waals surface area contributed by atoms with E-state index in [-0.39, 0.29) is 0 Å². The van der Waals surface area contributed by atoms with Crippen molar-refractivity contribution in [1.29, 1.82) is 0 Å². The fourth-order valence-corrected chi connectivity index (χ4v) is 1.81. The van der Waals surface area contributed by atoms with Crippen LogP contribution in [0.5, 0.6) is 5.75 Å². The molecule has 0 bridgehead atoms. The predicted molar refractivity (Wildman–Crippen MR) is 74.1 cm³/mol. The summed E-state index contributed by atoms with van der Waals surface area (Å²) in [6.07, 6.45) is 3.78. The lowest BCUT2D eigenvalue weighted by molar-refractivity contribution is 0.288. The van der Waals surface area contributed by atoms with Gasteiger partial charge in [0.15, 0.2) is 0 Å². The average molecular weight is 260 g/mol. The van der Waals surface area contributed by atoms with Crippen LogP contribution in [-0.2, 0) is 13.0 Å². The van der Waals surface area contributed by atoms with Crippen LogP contribution in [0.1, 0.15) is 17.7 Å². The topological polar surface area (TPSA) is 66.0 Å². The first-order valence-corrected chi connectivity index (χ1v) is 6.57. The van der Waals surface area contributed by atoms with Crippen molar-refractivity contribution in [3.05, 3.63) is 41.7 Å². The molecule has 0 aliphatic carbocycles. The number of nitrogens with zero attached hydrogens (tertiary/aromatic N) is 3. The number of hydrogen-bond donors (Lipinski definition) is 1. The molecular formula is C14H20N4O. The molecule has 5 heteroatoms. The number of para-hydroxylation sites is 1. The minimum Gasteiger partial charge on any atom is -0.491 e. The lowest BCUT2D eigenvalue weighted by atomic mass is 10.2. The Balaban J connectivity index is 1.79. The largest absolute Gasteiger partial charge is 0.491 e. The van der Waals surface area contributed by atoms with Gasteiger partial charge in [0.1, 0.15) is 12.4 Å². The van der Waals surface area contributed by atoms with Crippen molar-refractivity contribution in [2.24, 2.45) is 5.73 Å². The van der Waals surface area contributed by atoms with Crippen molar-refractivity contribution in [3.8, 4) is 5.75 Å². The molecule has 2 N–H and O–H groups in total. The smallest absolute Gasteiger partial charge is 0.122 e. The summed E-state index contributed by atoms with van der Waals surface area (Å²) < 4.78 is 7.53. The van der Waals surface area contributed by atoms with E-state index in [2.05, 4.69) is 10.3 Å². The summed E-state index contributed by atoms with van der Waals surface area (Å²) in [6.45, 7) is 4.01. The number of hydrogen-bond acceptors (Lipinski definition) is 4. The molecule has 0 saturated heterocycles. The highest BCUT2D eigenvalue weighted by molar-refractivity contribution is 5.31. The Labute approximate surface area is 113 Å². The quantitative estimate of drug-likeness (QED) is 0.820. The molecule has 2 rings (SSSR count). The Hall–Kier alpha value is -1.88. The molecule has 0 aliphatic heterocycles. The molecule has 102 valence electrons. The summed E-state index contributed by atoms with van der Waals surface area (Å²) >= 11 is 0. The highest BCUT2D eigenvalue weighted by Crippen LogP contribution is 2.15. The Morgan fingerprint density at radius 2 is 2.16 bits per heavy atom. The molecule has 0 atom stereocenters. The molecule has 19 heavy (non-hydrogen) atoms. The summed E-state index contributed by atoms with van der Waals surface area (Å²) in [7, 11) is 0. The average Bonchev–Trinajstić information content (AvgIpc) is 2.86. The van der Waals surface area contributed by atoms with Crippen LogP contribution in [0.4, 0.5) is 0 Å². The molecule has 0 radical (unpaired) electrons. The first-order chi connectivity index (χ1) is 9.29. The second-order valence-corrected chi connectivity index (χ2v) is 4.48. The summed E-state index contributed by atoms with van der Waals surface area (Å²) in [5, 5.41) is 8.17. The van der Waals surface area contributed by atoms with E-state index in [1.165, 1.54) is 0 Å². The third-order valence-electron chi connectivity index (χ3n) is 2.89. The number of ether oxygens (including phenoxy) is 1. The molecule has 0 saturated carbocycles. The van der Waals surface area contributed by atoms with Gasteiger partial charge in [-0.2, -0.15) is 0 Å². The zero-order valence-corrected chi connectivity index (χ0v) is 11.2. The fraction of sp³-hybridized carbons (Fsp3) is 0.429. The standard InChI is InChI=1S/C14H20N4O/c1-12-5-2-3-7-14(12)19-10-9-18-11-13(16-17-18)6-4-8-15/h2-3,5,7,11H,4,6,8-10,15H2,1H3. The van der Waals surface area contributed by atoms with Crippen LogP contribution in [0.2, 0.25) is 0 Å². The van der Waals surface area contributed by atoms with Crippen molar-refractivity contribution in [1.82, 2.24) is 15.0 Å². The molecule has 5 nitrogen and oxygen atoms in total. The first kappa shape index (κ1) is 13.5. The van der Waals surface area contributed by atoms with Crippen LogP contribution in [0.3, 0.4) is 0 Å². The van der Waals surface area contributed by atoms with Gasteiger partial charge < -0.3 is 10.5 Å². The molecule has 0 fully saturated rings. The summed E-state index contributed by atoms with van der Waals surface area (Å²) in [4.78, 5) is 0. The van der Waals surface area contributed by atoms with Gasteiger partial charge in [0.25, 0.3) is 0 Å². The van der Waals surface area contributed by atoms with E-state index < -0.39 is 0 Å². The molecular weight excluding hydrogens is 240 g/mol. The molecule has 0 unspecified atom stereocenters. The zero-order valence-electron chi connectivity index (χ0n) is 11.2. The van der Waals surface area contributed by atoms with Gasteiger partial charge in [0, 0.05) is 6.20 Å². The Kier molecular flexibility index (Phi) is 4.92. The van der Waals surface area contributed by atoms with Gasteiger partial charge in [0.05, 0.1) is 12.2 Å². The monoisotopic (exact) mass is 260 g/mol. The maximum atomic E-state index is 5.72. The molecule has 1 heterocycles. The Morgan fingerprint density at radius 1 is 1.32 bits per heavy atom. The van der Waals surface area contributed by atoms with Crippen LogP contribution in [0, 0.1) is 6.92 Å². The van der Waals surface area contributed by atoms with Gasteiger partial charge in [-0.15, -0.1) is 5.10 Å². The first-order valence-electron chi connectivity index (χ1n) is 6.57. The van der Waals surface area contributed by atoms with E-state index in [4.69, 9.17) is 10.5 Å². The van der Waals surface area contributed by atoms with Crippen molar-refractivity contribution >= 4 is 0 Å². The van der Waals surface area contributed by atoms with Gasteiger partial charge in [-0.1, -0.05) is 23.4 Å². The fourth-order valence-electron chi connectivity index (χ4n) is 1.81. The molecule has 0 aliphatic rings. The van der Waals surface area contributed by atoms with Crippen LogP contribution in [0.25, 0.3) is 0 Å². The highest BCUT2D eigenvalue weighted by atomic mass is 16.5. The van der Waals surface area contributed by atoms with Crippen molar-refractivity contribution in [3.63, 3.8) is 0 Å². The molecule has 0 spiro atoms. The number of benzene rings is 1. The number of aromatic nitrogens is 3. The Bertz CT molecular complexity index is 510. The van der Waals surface area contributed by atoms with Crippen molar-refractivity contribution in [2.75, 3.05) is 13.2 Å². The van der Waals surface area contributed by atoms with Gasteiger partial charge >= 0.3 is 0 Å². The minimum atomic E-state index is 0.588. The zero-order chi connectivity index (χ0) is 13.5. The molecule has 2 aromatic rings. The Morgan fingerprint density at radius 3 is 2.95 bits per heavy atom. The van der Waals surface area contributed by atoms with E-state index in [1.54, 1.807) is 0 Å². The second kappa shape index (κ2) is 6.89. The molecule has 1 aromatic heterocycles. The third-order valence-corrected chi connectivity index (χ3v) is 2.89. The van der Waals surface area contributed by atoms with Gasteiger partial charge in [-0.25, -0.2) is 4.68 Å². The maximum Gasteiger partial charge on any atom is 0.122 e. The summed E-state index contributed by atoms with van der Waals surface area (Å²) in [5.41, 5.74) is 7.60. The van der Waals surface area contributed by atoms with E-state index in [0.717, 1.165) is 29.8 Å². The SMILES string of the molecule is Cc1ccccc1OCCn1cc(CCCN)nn1. The lowest BCUT2D eigenvalue weighted by Crippen LogP contribution is -2.09. The molecule has 1 aromatic carbocycles. The van der Waals surface area contributed by atoms with Crippen LogP contribution >= 0.6 is 0 Å². The van der Waals surface area contributed by atoms with Gasteiger partial charge in [-0.3, -0.25) is 0 Å². The van der Waals surface area contributed by atoms with Gasteiger partial charge in [-0.05, 0) is 37.9 Å². The van der Waals surface area contributed by atoms with E-state index in [9.17, 15) is 0 Å². The van der Waals surface area contributed by atoms with E-state index in [1.807, 2.05) is 42.1 Å². The number of rotatable bonds is 7. The third kappa shape index (κ3) is 4.06. The van der Waals surface area contributed by atoms with E-state index >= 15 is 0 Å². The predicted octanol–water partition coefficient (Wildman–Crippen LogP) is 1.56. The normalized spacial score (nSPS) is 10.6. The number of nitrogens with two attached hydrogens (primary N) is 1. The minimum absolute atomic E-state index is 0.588. The summed E-state index contributed by atoms with van der Waals surface area (Å²) in [6, 6.07) is 7.99. The highest BCUT2D eigenvalue weighted by Gasteiger charge is 2.01. The van der Waals surface area contributed by atoms with Crippen molar-refractivity contribution in [2.45, 2.75) is 26.3 Å². The van der Waals surface area contributed by atoms with Crippen LogP contribution in [-0.4, -0.2) is 28.1 Å². The van der Waals surface area contributed by atoms with Crippen molar-refractivity contribution < 1.29 is 4.74 Å². The van der Waals surface area contributed by atoms with Crippen LogP contribution in [0.15, 0.2) is 30.5 Å². The van der Waals surface area contributed by atoms with Crippen LogP contribution < -0.4 is 10.5 Å².